The first-order valence-electron chi connectivity index (χ1n) is 44.8. The zero-order valence-electron chi connectivity index (χ0n) is 76.2. The highest BCUT2D eigenvalue weighted by atomic mass is 32.2. The number of aromatic hydroxyl groups is 1. The van der Waals surface area contributed by atoms with Crippen LogP contribution in [-0.2, 0) is 109 Å². The summed E-state index contributed by atoms with van der Waals surface area (Å²) in [6.45, 7) is 6.65. The standard InChI is InChI=1S/C94H123F2N17O20S/c1-9-10-28-73-93(132)113-49-61(116)44-76(113)89(128)106-70(45-80(119)120)86(125)108-81(53(4)5)94(133)110(7)74(40-54-21-13-11-14-22-54)87(126)102-66(27-19-20-35-97)91(130)112-48-60(115)43-75(112)88(127)105-69(42-58-46-99-65-26-18-17-25-62(58)65)85(124)104-68(38-56-29-32-59(114)33-30-56)84(123)103-67(36-52(2)3)83(122)107-72(82(121)100-47-78(98)117)50-134-51-79(118)101-71(39-57-31-34-63(95)64(96)37-57)90(129)111(8)77(92(131)109(73)6)41-55-23-15-12-16-24-55/h11-18,21-26,29-34,37,46,52-53,60-61,66-77,81,99,114-116H,9-10,19-20,27-28,35-36,38-45,47-51,97H2,1-8H3,(H2,98,117)(H,100,121)(H,101,118)(H,102,126)(H,103,123)(H,104,124)(H,105,127)(H,106,128)(H,107,122)(H,108,125)(H,119,120)/t60-,61-,66+,67+,68+,69+,70+,71+,72+,73+,74+,75-,76-,77+,81+/m1/s1. The Balaban J connectivity index is 1.14. The number of carbonyl (C=O) groups is 16. The summed E-state index contributed by atoms with van der Waals surface area (Å²) in [6, 6.07) is 10.7. The smallest absolute Gasteiger partial charge is 0.305 e. The predicted molar refractivity (Wildman–Crippen MR) is 490 cm³/mol. The molecule has 15 atom stereocenters. The number of carboxylic acid groups (broad SMARTS) is 1. The minimum atomic E-state index is -2.02. The molecule has 18 N–H and O–H groups in total. The van der Waals surface area contributed by atoms with Gasteiger partial charge in [0.15, 0.2) is 11.6 Å². The van der Waals surface area contributed by atoms with Gasteiger partial charge in [-0.2, -0.15) is 0 Å². The summed E-state index contributed by atoms with van der Waals surface area (Å²) in [5, 5.41) is 68.1. The molecule has 0 radical (unpaired) electrons. The van der Waals surface area contributed by atoms with E-state index in [4.69, 9.17) is 11.5 Å². The number of likely N-dealkylation sites (N-methyl/N-ethyl adjacent to an activating group) is 3. The van der Waals surface area contributed by atoms with Crippen LogP contribution < -0.4 is 59.3 Å². The number of aliphatic hydroxyl groups is 2. The van der Waals surface area contributed by atoms with Crippen LogP contribution in [0.4, 0.5) is 8.78 Å². The van der Waals surface area contributed by atoms with E-state index in [1.54, 1.807) is 112 Å². The first kappa shape index (κ1) is 105. The topological polar surface area (TPSA) is 546 Å². The summed E-state index contributed by atoms with van der Waals surface area (Å²) < 4.78 is 29.9. The molecule has 0 aliphatic carbocycles. The van der Waals surface area contributed by atoms with E-state index in [0.29, 0.717) is 57.8 Å². The fourth-order valence-electron chi connectivity index (χ4n) is 16.6. The summed E-state index contributed by atoms with van der Waals surface area (Å²) in [5.41, 5.74) is 13.9. The van der Waals surface area contributed by atoms with Gasteiger partial charge in [-0.05, 0) is 109 Å². The fraction of sp³-hybridized carbons (Fsp3) is 0.489. The van der Waals surface area contributed by atoms with Gasteiger partial charge in [-0.3, -0.25) is 76.7 Å². The number of hydrogen-bond donors (Lipinski definition) is 16. The number of phenolic OH excluding ortho intramolecular Hbond substituents is 1. The Morgan fingerprint density at radius 2 is 1.04 bits per heavy atom. The van der Waals surface area contributed by atoms with Crippen LogP contribution in [0.5, 0.6) is 5.75 Å². The van der Waals surface area contributed by atoms with Crippen molar-refractivity contribution in [1.29, 1.82) is 0 Å². The molecule has 15 amide bonds. The average molecular weight is 1880 g/mol. The molecule has 9 rings (SSSR count). The van der Waals surface area contributed by atoms with Gasteiger partial charge in [-0.1, -0.05) is 145 Å². The van der Waals surface area contributed by atoms with E-state index < -0.39 is 266 Å². The molecule has 3 aliphatic rings. The molecule has 134 heavy (non-hydrogen) atoms. The maximum absolute atomic E-state index is 15.7. The number of aliphatic hydroxyl groups excluding tert-OH is 2. The number of halogens is 2. The zero-order chi connectivity index (χ0) is 97.9. The summed E-state index contributed by atoms with van der Waals surface area (Å²) in [5.74, 6) is -21.6. The van der Waals surface area contributed by atoms with Crippen LogP contribution in [0.25, 0.3) is 10.9 Å². The average Bonchev–Trinajstić information content (AvgIpc) is 1.57. The van der Waals surface area contributed by atoms with Gasteiger partial charge < -0.3 is 109 Å². The van der Waals surface area contributed by atoms with Crippen LogP contribution in [0.1, 0.15) is 127 Å². The number of nitrogens with one attached hydrogen (secondary N) is 10. The van der Waals surface area contributed by atoms with E-state index in [0.717, 1.165) is 42.7 Å². The van der Waals surface area contributed by atoms with Crippen molar-refractivity contribution in [1.82, 2.24) is 77.3 Å². The number of carboxylic acids is 1. The summed E-state index contributed by atoms with van der Waals surface area (Å²) >= 11 is 0.713. The maximum atomic E-state index is 15.7. The molecule has 724 valence electrons. The second-order valence-electron chi connectivity index (χ2n) is 35.0. The van der Waals surface area contributed by atoms with E-state index >= 15 is 52.3 Å². The van der Waals surface area contributed by atoms with Crippen LogP contribution in [0.3, 0.4) is 0 Å². The third-order valence-corrected chi connectivity index (χ3v) is 25.0. The van der Waals surface area contributed by atoms with E-state index in [1.165, 1.54) is 59.3 Å². The summed E-state index contributed by atoms with van der Waals surface area (Å²) in [6.07, 6.45) is -4.11. The van der Waals surface area contributed by atoms with Crippen molar-refractivity contribution in [2.24, 2.45) is 23.3 Å². The fourth-order valence-corrected chi connectivity index (χ4v) is 17.5. The quantitative estimate of drug-likeness (QED) is 0.0352. The molecule has 0 bridgehead atoms. The highest BCUT2D eigenvalue weighted by molar-refractivity contribution is 8.00. The largest absolute Gasteiger partial charge is 0.508 e. The lowest BCUT2D eigenvalue weighted by Gasteiger charge is -2.38. The maximum Gasteiger partial charge on any atom is 0.305 e. The van der Waals surface area contributed by atoms with E-state index in [-0.39, 0.29) is 75.6 Å². The van der Waals surface area contributed by atoms with Crippen LogP contribution in [-0.4, -0.2) is 294 Å². The number of unbranched alkanes of at least 4 members (excludes halogenated alkanes) is 2. The van der Waals surface area contributed by atoms with Crippen LogP contribution in [0, 0.1) is 23.5 Å². The number of carbonyl (C=O) groups excluding carboxylic acids is 15. The van der Waals surface area contributed by atoms with Crippen molar-refractivity contribution >= 4 is 117 Å². The molecule has 3 aliphatic heterocycles. The van der Waals surface area contributed by atoms with E-state index in [1.807, 2.05) is 0 Å². The Morgan fingerprint density at radius 1 is 0.515 bits per heavy atom. The molecule has 0 saturated carbocycles. The van der Waals surface area contributed by atoms with Gasteiger partial charge in [-0.25, -0.2) is 8.78 Å². The second kappa shape index (κ2) is 49.7. The minimum absolute atomic E-state index is 0.0247. The normalized spacial score (nSPS) is 24.6. The lowest BCUT2D eigenvalue weighted by atomic mass is 9.98. The predicted octanol–water partition coefficient (Wildman–Crippen LogP) is 0.792. The monoisotopic (exact) mass is 1880 g/mol. The lowest BCUT2D eigenvalue weighted by molar-refractivity contribution is -0.152. The number of hydrogen-bond acceptors (Lipinski definition) is 21. The third kappa shape index (κ3) is 29.3. The Kier molecular flexibility index (Phi) is 38.8. The molecule has 6 aromatic rings. The van der Waals surface area contributed by atoms with Crippen molar-refractivity contribution in [2.45, 2.75) is 222 Å². The van der Waals surface area contributed by atoms with Crippen molar-refractivity contribution in [3.8, 4) is 5.75 Å². The van der Waals surface area contributed by atoms with Crippen LogP contribution in [0.2, 0.25) is 0 Å². The van der Waals surface area contributed by atoms with Crippen LogP contribution in [0.15, 0.2) is 134 Å². The number of aromatic amines is 1. The lowest BCUT2D eigenvalue weighted by Crippen LogP contribution is -2.62. The Bertz CT molecular complexity index is 5160. The number of aromatic nitrogens is 1. The number of thioether (sulfide) groups is 1. The van der Waals surface area contributed by atoms with Crippen molar-refractivity contribution in [3.63, 3.8) is 0 Å². The number of rotatable bonds is 25. The SMILES string of the molecule is CCCC[C@H]1C(=O)N2C[C@H](O)C[C@@H]2C(=O)N[C@@H](CC(=O)O)C(=O)N[C@@H](C(C)C)C(=O)N(C)[C@@H](Cc2ccccc2)C(=O)N[C@@H](CCCCN)C(=O)N2C[C@H](O)C[C@@H]2C(=O)N[C@@H](Cc2c[nH]c3ccccc23)C(=O)N[C@@H](Cc2ccc(O)cc2)C(=O)N[C@@H](CC(C)C)C(=O)N[C@H](C(=O)NCC(N)=O)CSCC(=O)N[C@@H](Cc2ccc(F)c(F)c2)C(=O)N(C)[C@@H](Cc2ccccc2)C(=O)N1C. The number of fused-ring (bicyclic) bond motifs is 3. The number of benzene rings is 5. The van der Waals surface area contributed by atoms with Crippen molar-refractivity contribution in [3.05, 3.63) is 173 Å². The molecular weight excluding hydrogens is 1760 g/mol. The van der Waals surface area contributed by atoms with Gasteiger partial charge in [0.25, 0.3) is 0 Å². The summed E-state index contributed by atoms with van der Waals surface area (Å²) in [4.78, 5) is 246. The molecule has 3 saturated heterocycles. The molecule has 37 nitrogen and oxygen atoms in total. The van der Waals surface area contributed by atoms with Gasteiger partial charge in [0, 0.05) is 102 Å². The minimum Gasteiger partial charge on any atom is -0.508 e. The number of phenols is 1. The summed E-state index contributed by atoms with van der Waals surface area (Å²) in [7, 11) is 3.77. The number of nitrogens with two attached hydrogens (primary N) is 2. The Labute approximate surface area is 779 Å². The first-order chi connectivity index (χ1) is 63.7. The molecule has 0 spiro atoms. The molecule has 1 aromatic heterocycles. The number of nitrogens with zero attached hydrogens (tertiary/aromatic N) is 5. The molecule has 40 heteroatoms. The van der Waals surface area contributed by atoms with Crippen LogP contribution >= 0.6 is 11.8 Å². The molecule has 5 aromatic carbocycles. The van der Waals surface area contributed by atoms with Gasteiger partial charge in [-0.15, -0.1) is 11.8 Å². The molecular formula is C94H123F2N17O20S. The van der Waals surface area contributed by atoms with E-state index in [9.17, 15) is 53.6 Å². The number of para-hydroxylation sites is 1. The Hall–Kier alpha value is -13.0. The molecule has 4 heterocycles. The number of aliphatic carboxylic acids is 1. The number of primary amides is 1. The number of H-pyrrole nitrogens is 1. The highest BCUT2D eigenvalue weighted by Crippen LogP contribution is 2.29. The van der Waals surface area contributed by atoms with E-state index in [2.05, 4.69) is 52.8 Å². The molecule has 3 fully saturated rings. The first-order valence-corrected chi connectivity index (χ1v) is 46.0. The third-order valence-electron chi connectivity index (χ3n) is 24.0. The van der Waals surface area contributed by atoms with Gasteiger partial charge in [0.2, 0.25) is 88.6 Å². The van der Waals surface area contributed by atoms with Gasteiger partial charge in [0.05, 0.1) is 30.9 Å². The van der Waals surface area contributed by atoms with Crippen molar-refractivity contribution < 1.29 is 106 Å². The highest BCUT2D eigenvalue weighted by Gasteiger charge is 2.48. The van der Waals surface area contributed by atoms with Gasteiger partial charge in [0.1, 0.15) is 84.3 Å². The Morgan fingerprint density at radius 3 is 1.63 bits per heavy atom. The second-order valence-corrected chi connectivity index (χ2v) is 36.1. The zero-order valence-corrected chi connectivity index (χ0v) is 77.1. The van der Waals surface area contributed by atoms with Gasteiger partial charge >= 0.3 is 5.97 Å². The molecule has 0 unspecified atom stereocenters. The number of amides is 15. The van der Waals surface area contributed by atoms with Crippen molar-refractivity contribution in [2.75, 3.05) is 58.8 Å².